The molecule has 0 spiro atoms. The van der Waals surface area contributed by atoms with Crippen LogP contribution in [-0.2, 0) is 6.18 Å². The number of rotatable bonds is 4. The fourth-order valence-corrected chi connectivity index (χ4v) is 3.09. The molecule has 0 aliphatic heterocycles. The van der Waals surface area contributed by atoms with Crippen molar-refractivity contribution < 1.29 is 18.3 Å². The molecule has 1 atom stereocenters. The molecular weight excluding hydrogens is 279 g/mol. The number of halogens is 3. The first-order valence-electron chi connectivity index (χ1n) is 7.45. The van der Waals surface area contributed by atoms with Gasteiger partial charge in [-0.05, 0) is 50.2 Å². The lowest BCUT2D eigenvalue weighted by Crippen LogP contribution is -2.36. The standard InChI is InChI=1S/C16H22F3NO/c1-11(20-13-8-6-12(10-21)7-9-13)14-4-2-3-5-15(14)16(17,18)19/h2-5,11-13,20-21H,6-10H2,1H3. The van der Waals surface area contributed by atoms with Crippen molar-refractivity contribution in [2.45, 2.75) is 50.9 Å². The molecule has 2 nitrogen and oxygen atoms in total. The van der Waals surface area contributed by atoms with Crippen LogP contribution in [0.5, 0.6) is 0 Å². The first-order valence-corrected chi connectivity index (χ1v) is 7.45. The van der Waals surface area contributed by atoms with Gasteiger partial charge in [-0.15, -0.1) is 0 Å². The Balaban J connectivity index is 2.03. The molecule has 0 heterocycles. The third kappa shape index (κ3) is 4.20. The van der Waals surface area contributed by atoms with E-state index in [0.29, 0.717) is 11.5 Å². The van der Waals surface area contributed by atoms with E-state index in [2.05, 4.69) is 5.32 Å². The average Bonchev–Trinajstić information content (AvgIpc) is 2.47. The molecule has 1 aliphatic carbocycles. The second-order valence-corrected chi connectivity index (χ2v) is 5.87. The number of hydrogen-bond acceptors (Lipinski definition) is 2. The first-order chi connectivity index (χ1) is 9.91. The van der Waals surface area contributed by atoms with Crippen LogP contribution in [0, 0.1) is 5.92 Å². The minimum atomic E-state index is -4.32. The van der Waals surface area contributed by atoms with Crippen molar-refractivity contribution in [3.63, 3.8) is 0 Å². The normalized spacial score (nSPS) is 24.8. The van der Waals surface area contributed by atoms with E-state index >= 15 is 0 Å². The van der Waals surface area contributed by atoms with Crippen LogP contribution in [0.1, 0.15) is 49.8 Å². The Bertz CT molecular complexity index is 453. The highest BCUT2D eigenvalue weighted by atomic mass is 19.4. The van der Waals surface area contributed by atoms with Crippen molar-refractivity contribution in [3.05, 3.63) is 35.4 Å². The highest BCUT2D eigenvalue weighted by molar-refractivity contribution is 5.32. The van der Waals surface area contributed by atoms with E-state index in [4.69, 9.17) is 5.11 Å². The van der Waals surface area contributed by atoms with E-state index < -0.39 is 11.7 Å². The van der Waals surface area contributed by atoms with Crippen LogP contribution < -0.4 is 5.32 Å². The zero-order chi connectivity index (χ0) is 15.5. The summed E-state index contributed by atoms with van der Waals surface area (Å²) < 4.78 is 39.1. The van der Waals surface area contributed by atoms with Gasteiger partial charge in [-0.2, -0.15) is 13.2 Å². The van der Waals surface area contributed by atoms with Gasteiger partial charge in [-0.3, -0.25) is 0 Å². The van der Waals surface area contributed by atoms with Crippen LogP contribution in [-0.4, -0.2) is 17.8 Å². The minimum Gasteiger partial charge on any atom is -0.396 e. The number of alkyl halides is 3. The highest BCUT2D eigenvalue weighted by Gasteiger charge is 2.34. The Morgan fingerprint density at radius 2 is 1.81 bits per heavy atom. The lowest BCUT2D eigenvalue weighted by Gasteiger charge is -2.31. The Morgan fingerprint density at radius 3 is 2.38 bits per heavy atom. The molecule has 5 heteroatoms. The number of hydrogen-bond donors (Lipinski definition) is 2. The van der Waals surface area contributed by atoms with Crippen molar-refractivity contribution in [2.75, 3.05) is 6.61 Å². The van der Waals surface area contributed by atoms with E-state index in [9.17, 15) is 13.2 Å². The molecule has 1 fully saturated rings. The summed E-state index contributed by atoms with van der Waals surface area (Å²) in [5.41, 5.74) is -0.261. The predicted molar refractivity (Wildman–Crippen MR) is 75.8 cm³/mol. The molecule has 1 saturated carbocycles. The molecule has 1 aromatic rings. The van der Waals surface area contributed by atoms with Crippen LogP contribution in [0.15, 0.2) is 24.3 Å². The Morgan fingerprint density at radius 1 is 1.19 bits per heavy atom. The SMILES string of the molecule is CC(NC1CCC(CO)CC1)c1ccccc1C(F)(F)F. The molecule has 118 valence electrons. The Kier molecular flexibility index (Phi) is 5.27. The van der Waals surface area contributed by atoms with E-state index in [0.717, 1.165) is 31.7 Å². The zero-order valence-corrected chi connectivity index (χ0v) is 12.2. The van der Waals surface area contributed by atoms with E-state index in [1.54, 1.807) is 19.1 Å². The maximum absolute atomic E-state index is 13.0. The molecule has 0 amide bonds. The van der Waals surface area contributed by atoms with Gasteiger partial charge in [0.2, 0.25) is 0 Å². The lowest BCUT2D eigenvalue weighted by molar-refractivity contribution is -0.138. The molecule has 1 unspecified atom stereocenters. The van der Waals surface area contributed by atoms with Crippen LogP contribution in [0.25, 0.3) is 0 Å². The summed E-state index contributed by atoms with van der Waals surface area (Å²) in [5, 5.41) is 12.4. The Labute approximate surface area is 123 Å². The summed E-state index contributed by atoms with van der Waals surface area (Å²) in [6.45, 7) is 1.99. The maximum atomic E-state index is 13.0. The number of benzene rings is 1. The summed E-state index contributed by atoms with van der Waals surface area (Å²) in [6.07, 6.45) is -0.641. The highest BCUT2D eigenvalue weighted by Crippen LogP contribution is 2.35. The van der Waals surface area contributed by atoms with Crippen molar-refractivity contribution in [1.29, 1.82) is 0 Å². The fourth-order valence-electron chi connectivity index (χ4n) is 3.09. The summed E-state index contributed by atoms with van der Waals surface area (Å²) in [4.78, 5) is 0. The van der Waals surface area contributed by atoms with Gasteiger partial charge in [0.25, 0.3) is 0 Å². The Hall–Kier alpha value is -1.07. The largest absolute Gasteiger partial charge is 0.416 e. The predicted octanol–water partition coefficient (Wildman–Crippen LogP) is 3.91. The molecule has 2 rings (SSSR count). The molecule has 1 aromatic carbocycles. The number of nitrogens with one attached hydrogen (secondary N) is 1. The maximum Gasteiger partial charge on any atom is 0.416 e. The lowest BCUT2D eigenvalue weighted by atomic mass is 9.86. The second-order valence-electron chi connectivity index (χ2n) is 5.87. The monoisotopic (exact) mass is 301 g/mol. The van der Waals surface area contributed by atoms with Crippen LogP contribution >= 0.6 is 0 Å². The van der Waals surface area contributed by atoms with Gasteiger partial charge < -0.3 is 10.4 Å². The minimum absolute atomic E-state index is 0.208. The van der Waals surface area contributed by atoms with Gasteiger partial charge in [0.15, 0.2) is 0 Å². The molecule has 21 heavy (non-hydrogen) atoms. The van der Waals surface area contributed by atoms with Crippen LogP contribution in [0.2, 0.25) is 0 Å². The van der Waals surface area contributed by atoms with Gasteiger partial charge >= 0.3 is 6.18 Å². The van der Waals surface area contributed by atoms with E-state index in [1.807, 2.05) is 0 Å². The molecule has 0 radical (unpaired) electrons. The first kappa shape index (κ1) is 16.3. The second kappa shape index (κ2) is 6.79. The van der Waals surface area contributed by atoms with Crippen molar-refractivity contribution in [1.82, 2.24) is 5.32 Å². The average molecular weight is 301 g/mol. The van der Waals surface area contributed by atoms with E-state index in [-0.39, 0.29) is 18.7 Å². The van der Waals surface area contributed by atoms with Gasteiger partial charge in [0.1, 0.15) is 0 Å². The zero-order valence-electron chi connectivity index (χ0n) is 12.2. The fraction of sp³-hybridized carbons (Fsp3) is 0.625. The molecule has 2 N–H and O–H groups in total. The molecule has 1 aliphatic rings. The summed E-state index contributed by atoms with van der Waals surface area (Å²) in [5.74, 6) is 0.348. The molecule has 0 bridgehead atoms. The van der Waals surface area contributed by atoms with Gasteiger partial charge in [0.05, 0.1) is 5.56 Å². The van der Waals surface area contributed by atoms with Crippen molar-refractivity contribution >= 4 is 0 Å². The topological polar surface area (TPSA) is 32.3 Å². The summed E-state index contributed by atoms with van der Waals surface area (Å²) in [6, 6.07) is 5.63. The molecule has 0 aromatic heterocycles. The quantitative estimate of drug-likeness (QED) is 0.884. The number of aliphatic hydroxyl groups is 1. The van der Waals surface area contributed by atoms with Gasteiger partial charge in [-0.25, -0.2) is 0 Å². The van der Waals surface area contributed by atoms with E-state index in [1.165, 1.54) is 6.07 Å². The smallest absolute Gasteiger partial charge is 0.396 e. The summed E-state index contributed by atoms with van der Waals surface area (Å²) >= 11 is 0. The third-order valence-electron chi connectivity index (χ3n) is 4.32. The van der Waals surface area contributed by atoms with Crippen molar-refractivity contribution in [2.24, 2.45) is 5.92 Å². The molecular formula is C16H22F3NO. The number of aliphatic hydroxyl groups excluding tert-OH is 1. The van der Waals surface area contributed by atoms with Gasteiger partial charge in [0, 0.05) is 18.7 Å². The summed E-state index contributed by atoms with van der Waals surface area (Å²) in [7, 11) is 0. The molecule has 0 saturated heterocycles. The van der Waals surface area contributed by atoms with Crippen LogP contribution in [0.3, 0.4) is 0 Å². The third-order valence-corrected chi connectivity index (χ3v) is 4.32. The van der Waals surface area contributed by atoms with Crippen molar-refractivity contribution in [3.8, 4) is 0 Å². The van der Waals surface area contributed by atoms with Crippen LogP contribution in [0.4, 0.5) is 13.2 Å². The van der Waals surface area contributed by atoms with Gasteiger partial charge in [-0.1, -0.05) is 18.2 Å².